The quantitative estimate of drug-likeness (QED) is 0.272. The van der Waals surface area contributed by atoms with Gasteiger partial charge in [0.05, 0.1) is 30.2 Å². The second-order valence-corrected chi connectivity index (χ2v) is 7.08. The second kappa shape index (κ2) is 8.39. The van der Waals surface area contributed by atoms with Crippen LogP contribution < -0.4 is 0 Å². The molecule has 0 radical (unpaired) electrons. The number of aliphatic imine (C=N–C) groups is 1. The van der Waals surface area contributed by atoms with E-state index < -0.39 is 5.97 Å². The predicted octanol–water partition coefficient (Wildman–Crippen LogP) is 3.31. The lowest BCUT2D eigenvalue weighted by Crippen LogP contribution is -2.09. The van der Waals surface area contributed by atoms with Gasteiger partial charge in [0.1, 0.15) is 11.4 Å². The van der Waals surface area contributed by atoms with Gasteiger partial charge >= 0.3 is 5.97 Å². The lowest BCUT2D eigenvalue weighted by Gasteiger charge is -2.10. The van der Waals surface area contributed by atoms with Gasteiger partial charge < -0.3 is 9.64 Å². The zero-order valence-corrected chi connectivity index (χ0v) is 17.9. The summed E-state index contributed by atoms with van der Waals surface area (Å²) in [6, 6.07) is 11.5. The molecular weight excluding hydrogens is 394 g/mol. The summed E-state index contributed by atoms with van der Waals surface area (Å²) in [6.45, 7) is 3.87. The molecular formula is C22H23N7O2. The lowest BCUT2D eigenvalue weighted by molar-refractivity contribution is 0.0527. The van der Waals surface area contributed by atoms with Gasteiger partial charge in [-0.15, -0.1) is 0 Å². The number of fused-ring (bicyclic) bond motifs is 1. The van der Waals surface area contributed by atoms with E-state index in [1.165, 1.54) is 0 Å². The molecule has 0 spiro atoms. The summed E-state index contributed by atoms with van der Waals surface area (Å²) in [5.41, 5.74) is 1.93. The number of para-hydroxylation sites is 1. The van der Waals surface area contributed by atoms with Gasteiger partial charge in [-0.3, -0.25) is 4.57 Å². The molecule has 0 saturated carbocycles. The van der Waals surface area contributed by atoms with Gasteiger partial charge in [0, 0.05) is 20.3 Å². The van der Waals surface area contributed by atoms with Crippen molar-refractivity contribution in [3.8, 4) is 11.5 Å². The van der Waals surface area contributed by atoms with E-state index >= 15 is 0 Å². The van der Waals surface area contributed by atoms with Crippen molar-refractivity contribution in [2.24, 2.45) is 4.99 Å². The summed E-state index contributed by atoms with van der Waals surface area (Å²) in [5.74, 6) is 1.16. The molecule has 0 N–H and O–H groups in total. The second-order valence-electron chi connectivity index (χ2n) is 7.08. The van der Waals surface area contributed by atoms with E-state index in [1.54, 1.807) is 45.9 Å². The van der Waals surface area contributed by atoms with Gasteiger partial charge in [0.15, 0.2) is 17.3 Å². The Morgan fingerprint density at radius 2 is 1.97 bits per heavy atom. The number of nitrogens with zero attached hydrogens (tertiary/aromatic N) is 7. The van der Waals surface area contributed by atoms with Gasteiger partial charge in [-0.25, -0.2) is 24.4 Å². The zero-order chi connectivity index (χ0) is 22.0. The molecule has 3 heterocycles. The van der Waals surface area contributed by atoms with Crippen LogP contribution in [0.1, 0.15) is 23.1 Å². The van der Waals surface area contributed by atoms with E-state index in [4.69, 9.17) is 4.74 Å². The van der Waals surface area contributed by atoms with Crippen LogP contribution in [0.25, 0.3) is 22.5 Å². The Bertz CT molecular complexity index is 1260. The molecule has 0 aliphatic carbocycles. The number of hydrogen-bond donors (Lipinski definition) is 0. The Morgan fingerprint density at radius 3 is 2.68 bits per heavy atom. The molecule has 0 fully saturated rings. The van der Waals surface area contributed by atoms with Gasteiger partial charge in [-0.05, 0) is 32.0 Å². The zero-order valence-electron chi connectivity index (χ0n) is 17.9. The summed E-state index contributed by atoms with van der Waals surface area (Å²) in [5, 5.41) is 5.27. The maximum absolute atomic E-state index is 12.5. The fourth-order valence-corrected chi connectivity index (χ4v) is 3.21. The van der Waals surface area contributed by atoms with Crippen LogP contribution in [0.2, 0.25) is 0 Å². The Balaban J connectivity index is 1.93. The molecule has 4 rings (SSSR count). The third-order valence-corrected chi connectivity index (χ3v) is 4.51. The summed E-state index contributed by atoms with van der Waals surface area (Å²) in [7, 11) is 3.72. The van der Waals surface area contributed by atoms with E-state index in [9.17, 15) is 4.79 Å². The molecule has 0 saturated heterocycles. The first-order valence-corrected chi connectivity index (χ1v) is 9.87. The van der Waals surface area contributed by atoms with Crippen LogP contribution in [0.15, 0.2) is 53.8 Å². The number of esters is 1. The van der Waals surface area contributed by atoms with Crippen LogP contribution in [0.5, 0.6) is 0 Å². The first-order chi connectivity index (χ1) is 15.0. The number of aromatic nitrogens is 5. The Kier molecular flexibility index (Phi) is 5.48. The SMILES string of the molecule is CCOC(=O)c1ccn(-c2nc(C)nc3c2cnn3-c2ccccc2)c1/N=C/N(C)C. The Hall–Kier alpha value is -4.01. The average molecular weight is 417 g/mol. The molecule has 0 atom stereocenters. The number of carbonyl (C=O) groups is 1. The first-order valence-electron chi connectivity index (χ1n) is 9.87. The summed E-state index contributed by atoms with van der Waals surface area (Å²) in [4.78, 5) is 28.1. The first kappa shape index (κ1) is 20.3. The standard InChI is InChI=1S/C22H23N7O2/c1-5-31-22(30)17-11-12-28(19(17)23-14-27(3)4)20-18-13-24-29(16-9-7-6-8-10-16)21(18)26-15(2)25-20/h6-14H,5H2,1-4H3/b23-14+. The fourth-order valence-electron chi connectivity index (χ4n) is 3.21. The monoisotopic (exact) mass is 417 g/mol. The topological polar surface area (TPSA) is 90.4 Å². The molecule has 0 bridgehead atoms. The highest BCUT2D eigenvalue weighted by molar-refractivity contribution is 5.96. The number of rotatable bonds is 6. The largest absolute Gasteiger partial charge is 0.462 e. The Morgan fingerprint density at radius 1 is 1.19 bits per heavy atom. The molecule has 9 heteroatoms. The molecule has 158 valence electrons. The molecule has 9 nitrogen and oxygen atoms in total. The van der Waals surface area contributed by atoms with Crippen molar-refractivity contribution in [3.63, 3.8) is 0 Å². The van der Waals surface area contributed by atoms with Crippen molar-refractivity contribution in [2.45, 2.75) is 13.8 Å². The van der Waals surface area contributed by atoms with Crippen LogP contribution in [0.3, 0.4) is 0 Å². The third kappa shape index (κ3) is 3.89. The van der Waals surface area contributed by atoms with E-state index in [0.717, 1.165) is 11.1 Å². The normalized spacial score (nSPS) is 11.4. The number of carbonyl (C=O) groups excluding carboxylic acids is 1. The number of hydrogen-bond acceptors (Lipinski definition) is 6. The lowest BCUT2D eigenvalue weighted by atomic mass is 10.3. The maximum atomic E-state index is 12.5. The van der Waals surface area contributed by atoms with E-state index in [0.29, 0.717) is 28.7 Å². The molecule has 0 amide bonds. The summed E-state index contributed by atoms with van der Waals surface area (Å²) >= 11 is 0. The number of ether oxygens (including phenoxy) is 1. The fraction of sp³-hybridized carbons (Fsp3) is 0.227. The molecule has 31 heavy (non-hydrogen) atoms. The van der Waals surface area contributed by atoms with Crippen molar-refractivity contribution >= 4 is 29.2 Å². The van der Waals surface area contributed by atoms with Crippen molar-refractivity contribution in [1.29, 1.82) is 0 Å². The van der Waals surface area contributed by atoms with Crippen LogP contribution in [0.4, 0.5) is 5.82 Å². The summed E-state index contributed by atoms with van der Waals surface area (Å²) < 4.78 is 8.74. The van der Waals surface area contributed by atoms with E-state index in [1.807, 2.05) is 51.4 Å². The minimum Gasteiger partial charge on any atom is -0.462 e. The van der Waals surface area contributed by atoms with Crippen LogP contribution >= 0.6 is 0 Å². The number of benzene rings is 1. The Labute approximate surface area is 179 Å². The third-order valence-electron chi connectivity index (χ3n) is 4.51. The number of aryl methyl sites for hydroxylation is 1. The molecule has 0 unspecified atom stereocenters. The van der Waals surface area contributed by atoms with Gasteiger partial charge in [0.25, 0.3) is 0 Å². The van der Waals surface area contributed by atoms with Crippen LogP contribution in [0, 0.1) is 6.92 Å². The molecule has 0 aliphatic rings. The van der Waals surface area contributed by atoms with Gasteiger partial charge in [-0.2, -0.15) is 5.10 Å². The smallest absolute Gasteiger partial charge is 0.341 e. The van der Waals surface area contributed by atoms with Gasteiger partial charge in [0.2, 0.25) is 0 Å². The van der Waals surface area contributed by atoms with Crippen LogP contribution in [-0.4, -0.2) is 62.2 Å². The molecule has 4 aromatic rings. The summed E-state index contributed by atoms with van der Waals surface area (Å²) in [6.07, 6.45) is 5.11. The van der Waals surface area contributed by atoms with Crippen molar-refractivity contribution in [1.82, 2.24) is 29.2 Å². The van der Waals surface area contributed by atoms with E-state index in [-0.39, 0.29) is 6.61 Å². The highest BCUT2D eigenvalue weighted by Crippen LogP contribution is 2.29. The van der Waals surface area contributed by atoms with Crippen molar-refractivity contribution in [2.75, 3.05) is 20.7 Å². The van der Waals surface area contributed by atoms with Crippen LogP contribution in [-0.2, 0) is 4.74 Å². The van der Waals surface area contributed by atoms with Gasteiger partial charge in [-0.1, -0.05) is 18.2 Å². The minimum atomic E-state index is -0.436. The predicted molar refractivity (Wildman–Crippen MR) is 119 cm³/mol. The molecule has 1 aromatic carbocycles. The van der Waals surface area contributed by atoms with Crippen molar-refractivity contribution in [3.05, 3.63) is 60.2 Å². The molecule has 0 aliphatic heterocycles. The minimum absolute atomic E-state index is 0.279. The van der Waals surface area contributed by atoms with E-state index in [2.05, 4.69) is 20.1 Å². The molecule has 3 aromatic heterocycles. The highest BCUT2D eigenvalue weighted by atomic mass is 16.5. The van der Waals surface area contributed by atoms with Crippen molar-refractivity contribution < 1.29 is 9.53 Å². The average Bonchev–Trinajstić information content (AvgIpc) is 3.36. The maximum Gasteiger partial charge on any atom is 0.341 e. The highest BCUT2D eigenvalue weighted by Gasteiger charge is 2.21.